The maximum Gasteiger partial charge on any atom is 0.226 e. The second-order valence-electron chi connectivity index (χ2n) is 8.31. The predicted octanol–water partition coefficient (Wildman–Crippen LogP) is 2.00. The van der Waals surface area contributed by atoms with Crippen molar-refractivity contribution in [1.82, 2.24) is 15.5 Å². The minimum atomic E-state index is -0.359. The number of hydrogen-bond donors (Lipinski definition) is 2. The van der Waals surface area contributed by atoms with E-state index in [0.29, 0.717) is 0 Å². The van der Waals surface area contributed by atoms with Crippen LogP contribution in [0.4, 0.5) is 0 Å². The van der Waals surface area contributed by atoms with Gasteiger partial charge < -0.3 is 10.6 Å². The van der Waals surface area contributed by atoms with Crippen LogP contribution in [-0.2, 0) is 4.79 Å². The first kappa shape index (κ1) is 17.4. The number of amides is 1. The molecule has 1 heterocycles. The van der Waals surface area contributed by atoms with Gasteiger partial charge >= 0.3 is 0 Å². The normalized spacial score (nSPS) is 18.9. The molecule has 0 atom stereocenters. The number of hydrogen-bond acceptors (Lipinski definition) is 3. The van der Waals surface area contributed by atoms with Crippen LogP contribution in [0.2, 0.25) is 0 Å². The molecule has 0 aliphatic carbocycles. The zero-order valence-electron chi connectivity index (χ0n) is 14.4. The summed E-state index contributed by atoms with van der Waals surface area (Å²) in [4.78, 5) is 15.0. The van der Waals surface area contributed by atoms with Gasteiger partial charge in [-0.25, -0.2) is 0 Å². The smallest absolute Gasteiger partial charge is 0.226 e. The van der Waals surface area contributed by atoms with Crippen molar-refractivity contribution in [2.45, 2.75) is 66.0 Å². The quantitative estimate of drug-likeness (QED) is 0.829. The van der Waals surface area contributed by atoms with Gasteiger partial charge in [-0.05, 0) is 41.0 Å². The first-order chi connectivity index (χ1) is 8.94. The topological polar surface area (TPSA) is 44.4 Å². The first-order valence-electron chi connectivity index (χ1n) is 7.72. The highest BCUT2D eigenvalue weighted by atomic mass is 16.2. The van der Waals surface area contributed by atoms with Crippen LogP contribution in [0.3, 0.4) is 0 Å². The van der Waals surface area contributed by atoms with E-state index in [1.54, 1.807) is 0 Å². The summed E-state index contributed by atoms with van der Waals surface area (Å²) in [6, 6.07) is 0. The summed E-state index contributed by atoms with van der Waals surface area (Å²) in [7, 11) is 0. The second kappa shape index (κ2) is 6.02. The molecule has 1 saturated heterocycles. The molecule has 4 nitrogen and oxygen atoms in total. The van der Waals surface area contributed by atoms with E-state index in [9.17, 15) is 4.79 Å². The fraction of sp³-hybridized carbons (Fsp3) is 0.938. The van der Waals surface area contributed by atoms with Crippen molar-refractivity contribution in [1.29, 1.82) is 0 Å². The van der Waals surface area contributed by atoms with Gasteiger partial charge in [0.25, 0.3) is 0 Å². The van der Waals surface area contributed by atoms with Crippen LogP contribution in [0.25, 0.3) is 0 Å². The molecule has 0 aromatic carbocycles. The lowest BCUT2D eigenvalue weighted by atomic mass is 9.78. The maximum atomic E-state index is 12.5. The molecule has 0 bridgehead atoms. The Bertz CT molecular complexity index is 336. The predicted molar refractivity (Wildman–Crippen MR) is 84.8 cm³/mol. The molecule has 0 aromatic heterocycles. The summed E-state index contributed by atoms with van der Waals surface area (Å²) < 4.78 is 0. The molecule has 1 aliphatic rings. The van der Waals surface area contributed by atoms with Crippen LogP contribution < -0.4 is 10.6 Å². The summed E-state index contributed by atoms with van der Waals surface area (Å²) in [5.74, 6) is 0.146. The molecule has 0 spiro atoms. The van der Waals surface area contributed by atoms with Crippen molar-refractivity contribution in [3.63, 3.8) is 0 Å². The minimum absolute atomic E-state index is 0.0425. The van der Waals surface area contributed by atoms with Gasteiger partial charge in [0, 0.05) is 42.7 Å². The monoisotopic (exact) mass is 283 g/mol. The van der Waals surface area contributed by atoms with Gasteiger partial charge in [-0.3, -0.25) is 9.69 Å². The molecule has 1 aliphatic heterocycles. The molecule has 1 rings (SSSR count). The van der Waals surface area contributed by atoms with Gasteiger partial charge in [-0.15, -0.1) is 0 Å². The molecule has 4 heteroatoms. The lowest BCUT2D eigenvalue weighted by molar-refractivity contribution is -0.133. The summed E-state index contributed by atoms with van der Waals surface area (Å²) >= 11 is 0. The van der Waals surface area contributed by atoms with E-state index in [1.165, 1.54) is 0 Å². The standard InChI is InChI=1S/C16H33N3O/c1-14(2,3)18-13(20)15(4,5)12-16(6,7)19-10-8-17-9-11-19/h17H,8-12H2,1-7H3,(H,18,20). The molecular weight excluding hydrogens is 250 g/mol. The summed E-state index contributed by atoms with van der Waals surface area (Å²) in [6.45, 7) is 18.9. The van der Waals surface area contributed by atoms with E-state index in [-0.39, 0.29) is 22.4 Å². The van der Waals surface area contributed by atoms with Crippen molar-refractivity contribution >= 4 is 5.91 Å². The van der Waals surface area contributed by atoms with Gasteiger partial charge in [0.05, 0.1) is 0 Å². The summed E-state index contributed by atoms with van der Waals surface area (Å²) in [5, 5.41) is 6.50. The van der Waals surface area contributed by atoms with Crippen molar-refractivity contribution in [3.05, 3.63) is 0 Å². The van der Waals surface area contributed by atoms with Crippen LogP contribution in [0.1, 0.15) is 54.9 Å². The number of nitrogens with zero attached hydrogens (tertiary/aromatic N) is 1. The average Bonchev–Trinajstić information content (AvgIpc) is 2.26. The number of carbonyl (C=O) groups excluding carboxylic acids is 1. The Morgan fingerprint density at radius 3 is 2.00 bits per heavy atom. The maximum absolute atomic E-state index is 12.5. The lowest BCUT2D eigenvalue weighted by Crippen LogP contribution is -2.56. The molecule has 20 heavy (non-hydrogen) atoms. The number of rotatable bonds is 4. The number of nitrogens with one attached hydrogen (secondary N) is 2. The highest BCUT2D eigenvalue weighted by Crippen LogP contribution is 2.32. The molecule has 1 amide bonds. The van der Waals surface area contributed by atoms with Crippen molar-refractivity contribution in [2.24, 2.45) is 5.41 Å². The number of piperazine rings is 1. The highest BCUT2D eigenvalue weighted by molar-refractivity contribution is 5.82. The van der Waals surface area contributed by atoms with Crippen molar-refractivity contribution < 1.29 is 4.79 Å². The minimum Gasteiger partial charge on any atom is -0.351 e. The van der Waals surface area contributed by atoms with E-state index < -0.39 is 0 Å². The van der Waals surface area contributed by atoms with Gasteiger partial charge in [0.15, 0.2) is 0 Å². The third-order valence-corrected chi connectivity index (χ3v) is 3.95. The first-order valence-corrected chi connectivity index (χ1v) is 7.72. The molecule has 2 N–H and O–H groups in total. The number of carbonyl (C=O) groups is 1. The molecule has 1 fully saturated rings. The molecule has 0 saturated carbocycles. The molecule has 118 valence electrons. The summed E-state index contributed by atoms with van der Waals surface area (Å²) in [6.07, 6.45) is 0.863. The van der Waals surface area contributed by atoms with Crippen LogP contribution in [0, 0.1) is 5.41 Å². The lowest BCUT2D eigenvalue weighted by Gasteiger charge is -2.45. The van der Waals surface area contributed by atoms with E-state index in [1.807, 2.05) is 20.8 Å². The van der Waals surface area contributed by atoms with Crippen LogP contribution in [-0.4, -0.2) is 48.1 Å². The zero-order valence-corrected chi connectivity index (χ0v) is 14.4. The third-order valence-electron chi connectivity index (χ3n) is 3.95. The van der Waals surface area contributed by atoms with Gasteiger partial charge in [0.1, 0.15) is 0 Å². The van der Waals surface area contributed by atoms with E-state index in [0.717, 1.165) is 32.6 Å². The van der Waals surface area contributed by atoms with Crippen molar-refractivity contribution in [3.8, 4) is 0 Å². The van der Waals surface area contributed by atoms with Crippen LogP contribution >= 0.6 is 0 Å². The Morgan fingerprint density at radius 1 is 1.05 bits per heavy atom. The van der Waals surface area contributed by atoms with E-state index in [2.05, 4.69) is 43.2 Å². The highest BCUT2D eigenvalue weighted by Gasteiger charge is 2.39. The average molecular weight is 283 g/mol. The summed E-state index contributed by atoms with van der Waals surface area (Å²) in [5.41, 5.74) is -0.490. The third kappa shape index (κ3) is 5.06. The Balaban J connectivity index is 2.70. The molecule has 0 unspecified atom stereocenters. The Kier molecular flexibility index (Phi) is 5.25. The SMILES string of the molecule is CC(C)(C)NC(=O)C(C)(C)CC(C)(C)N1CCNCC1. The largest absolute Gasteiger partial charge is 0.351 e. The van der Waals surface area contributed by atoms with Gasteiger partial charge in [0.2, 0.25) is 5.91 Å². The molecule has 0 radical (unpaired) electrons. The van der Waals surface area contributed by atoms with E-state index >= 15 is 0 Å². The second-order valence-corrected chi connectivity index (χ2v) is 8.31. The molecule has 0 aromatic rings. The molecular formula is C16H33N3O. The zero-order chi connectivity index (χ0) is 15.6. The Hall–Kier alpha value is -0.610. The van der Waals surface area contributed by atoms with Gasteiger partial charge in [-0.1, -0.05) is 13.8 Å². The van der Waals surface area contributed by atoms with E-state index in [4.69, 9.17) is 0 Å². The Morgan fingerprint density at radius 2 is 1.55 bits per heavy atom. The Labute approximate surface area is 124 Å². The van der Waals surface area contributed by atoms with Crippen molar-refractivity contribution in [2.75, 3.05) is 26.2 Å². The van der Waals surface area contributed by atoms with Crippen LogP contribution in [0.5, 0.6) is 0 Å². The van der Waals surface area contributed by atoms with Crippen LogP contribution in [0.15, 0.2) is 0 Å². The van der Waals surface area contributed by atoms with Gasteiger partial charge in [-0.2, -0.15) is 0 Å². The fourth-order valence-electron chi connectivity index (χ4n) is 3.05. The fourth-order valence-corrected chi connectivity index (χ4v) is 3.05.